The van der Waals surface area contributed by atoms with Crippen LogP contribution >= 0.6 is 11.8 Å². The minimum atomic E-state index is 0.243. The lowest BCUT2D eigenvalue weighted by Gasteiger charge is -2.43. The van der Waals surface area contributed by atoms with E-state index in [1.54, 1.807) is 0 Å². The van der Waals surface area contributed by atoms with Crippen molar-refractivity contribution >= 4 is 11.8 Å². The third-order valence-electron chi connectivity index (χ3n) is 5.28. The summed E-state index contributed by atoms with van der Waals surface area (Å²) in [6, 6.07) is 0.730. The first-order chi connectivity index (χ1) is 8.68. The summed E-state index contributed by atoms with van der Waals surface area (Å²) in [5, 5.41) is 3.80. The van der Waals surface area contributed by atoms with Crippen LogP contribution in [0, 0.1) is 11.3 Å². The van der Waals surface area contributed by atoms with Gasteiger partial charge in [-0.1, -0.05) is 13.8 Å². The van der Waals surface area contributed by atoms with Crippen LogP contribution in [0.3, 0.4) is 0 Å². The maximum absolute atomic E-state index is 6.17. The Kier molecular flexibility index (Phi) is 3.68. The minimum absolute atomic E-state index is 0.243. The molecule has 0 aromatic carbocycles. The lowest BCUT2D eigenvalue weighted by Crippen LogP contribution is -2.50. The van der Waals surface area contributed by atoms with Crippen molar-refractivity contribution in [2.45, 2.75) is 57.6 Å². The molecular formula is C15H27NOS. The van der Waals surface area contributed by atoms with Crippen LogP contribution in [0.2, 0.25) is 0 Å². The van der Waals surface area contributed by atoms with Gasteiger partial charge in [-0.05, 0) is 55.7 Å². The highest BCUT2D eigenvalue weighted by Crippen LogP contribution is 2.53. The number of thioether (sulfide) groups is 1. The van der Waals surface area contributed by atoms with Gasteiger partial charge in [-0.25, -0.2) is 0 Å². The fraction of sp³-hybridized carbons (Fsp3) is 1.00. The van der Waals surface area contributed by atoms with Crippen molar-refractivity contribution in [3.05, 3.63) is 0 Å². The molecule has 1 N–H and O–H groups in total. The number of nitrogens with one attached hydrogen (secondary N) is 1. The van der Waals surface area contributed by atoms with E-state index in [0.717, 1.165) is 25.1 Å². The van der Waals surface area contributed by atoms with Crippen molar-refractivity contribution in [1.82, 2.24) is 5.32 Å². The number of hydrogen-bond donors (Lipinski definition) is 1. The highest BCUT2D eigenvalue weighted by atomic mass is 32.2. The number of hydrogen-bond acceptors (Lipinski definition) is 3. The van der Waals surface area contributed by atoms with E-state index >= 15 is 0 Å². The standard InChI is InChI=1S/C15H27NOS/c1-3-16-13(14(2)5-6-14)12-4-8-17-15(10-12)7-9-18-11-15/h12-13,16H,3-11H2,1-2H3. The van der Waals surface area contributed by atoms with Crippen LogP contribution in [-0.4, -0.2) is 36.3 Å². The molecule has 104 valence electrons. The first kappa shape index (κ1) is 13.3. The van der Waals surface area contributed by atoms with E-state index in [1.807, 2.05) is 0 Å². The summed E-state index contributed by atoms with van der Waals surface area (Å²) in [6.45, 7) is 6.83. The molecule has 2 nitrogen and oxygen atoms in total. The Bertz CT molecular complexity index is 297. The molecule has 0 amide bonds. The van der Waals surface area contributed by atoms with Gasteiger partial charge in [0.1, 0.15) is 0 Å². The van der Waals surface area contributed by atoms with Crippen molar-refractivity contribution in [1.29, 1.82) is 0 Å². The van der Waals surface area contributed by atoms with E-state index in [0.29, 0.717) is 5.41 Å². The lowest BCUT2D eigenvalue weighted by molar-refractivity contribution is -0.0888. The fourth-order valence-corrected chi connectivity index (χ4v) is 5.30. The summed E-state index contributed by atoms with van der Waals surface area (Å²) < 4.78 is 6.17. The normalized spacial score (nSPS) is 40.0. The molecule has 0 bridgehead atoms. The summed E-state index contributed by atoms with van der Waals surface area (Å²) >= 11 is 2.08. The first-order valence-electron chi connectivity index (χ1n) is 7.63. The van der Waals surface area contributed by atoms with Gasteiger partial charge in [0.25, 0.3) is 0 Å². The van der Waals surface area contributed by atoms with Gasteiger partial charge in [0.2, 0.25) is 0 Å². The molecule has 1 aliphatic carbocycles. The average molecular weight is 269 g/mol. The van der Waals surface area contributed by atoms with E-state index in [1.165, 1.54) is 43.6 Å². The molecule has 2 heterocycles. The van der Waals surface area contributed by atoms with Crippen molar-refractivity contribution < 1.29 is 4.74 Å². The second kappa shape index (κ2) is 4.99. The molecule has 3 fully saturated rings. The highest BCUT2D eigenvalue weighted by Gasteiger charge is 2.51. The first-order valence-corrected chi connectivity index (χ1v) is 8.78. The van der Waals surface area contributed by atoms with Gasteiger partial charge in [-0.15, -0.1) is 0 Å². The third-order valence-corrected chi connectivity index (χ3v) is 6.51. The van der Waals surface area contributed by atoms with Crippen LogP contribution in [0.4, 0.5) is 0 Å². The van der Waals surface area contributed by atoms with Crippen molar-refractivity contribution in [2.75, 3.05) is 24.7 Å². The third kappa shape index (κ3) is 2.46. The van der Waals surface area contributed by atoms with Gasteiger partial charge in [-0.2, -0.15) is 11.8 Å². The Labute approximate surface area is 116 Å². The zero-order chi connectivity index (χ0) is 12.6. The molecule has 0 radical (unpaired) electrons. The van der Waals surface area contributed by atoms with Crippen LogP contribution in [0.1, 0.15) is 46.0 Å². The van der Waals surface area contributed by atoms with Crippen LogP contribution in [-0.2, 0) is 4.74 Å². The molecule has 0 aromatic rings. The molecule has 3 unspecified atom stereocenters. The molecule has 0 aromatic heterocycles. The lowest BCUT2D eigenvalue weighted by atomic mass is 9.76. The summed E-state index contributed by atoms with van der Waals surface area (Å²) in [5.41, 5.74) is 0.831. The second-order valence-corrected chi connectivity index (χ2v) is 7.88. The largest absolute Gasteiger partial charge is 0.374 e. The molecule has 3 atom stereocenters. The molecule has 2 saturated heterocycles. The summed E-state index contributed by atoms with van der Waals surface area (Å²) in [5.74, 6) is 3.37. The summed E-state index contributed by atoms with van der Waals surface area (Å²) in [4.78, 5) is 0. The Hall–Kier alpha value is 0.270. The van der Waals surface area contributed by atoms with E-state index in [-0.39, 0.29) is 5.60 Å². The van der Waals surface area contributed by atoms with Gasteiger partial charge in [0, 0.05) is 18.4 Å². The van der Waals surface area contributed by atoms with Crippen LogP contribution in [0.15, 0.2) is 0 Å². The molecular weight excluding hydrogens is 242 g/mol. The van der Waals surface area contributed by atoms with E-state index in [9.17, 15) is 0 Å². The molecule has 3 heteroatoms. The molecule has 18 heavy (non-hydrogen) atoms. The number of ether oxygens (including phenoxy) is 1. The molecule has 1 spiro atoms. The second-order valence-electron chi connectivity index (χ2n) is 6.78. The fourth-order valence-electron chi connectivity index (χ4n) is 3.92. The van der Waals surface area contributed by atoms with Crippen LogP contribution < -0.4 is 5.32 Å². The number of rotatable bonds is 4. The smallest absolute Gasteiger partial charge is 0.0783 e. The monoisotopic (exact) mass is 269 g/mol. The average Bonchev–Trinajstić information content (AvgIpc) is 2.96. The van der Waals surface area contributed by atoms with Crippen molar-refractivity contribution in [2.24, 2.45) is 11.3 Å². The van der Waals surface area contributed by atoms with Gasteiger partial charge in [-0.3, -0.25) is 0 Å². The summed E-state index contributed by atoms with van der Waals surface area (Å²) in [7, 11) is 0. The van der Waals surface area contributed by atoms with Gasteiger partial charge < -0.3 is 10.1 Å². The summed E-state index contributed by atoms with van der Waals surface area (Å²) in [6.07, 6.45) is 6.68. The predicted molar refractivity (Wildman–Crippen MR) is 78.2 cm³/mol. The predicted octanol–water partition coefficient (Wildman–Crippen LogP) is 3.07. The van der Waals surface area contributed by atoms with E-state index < -0.39 is 0 Å². The Morgan fingerprint density at radius 1 is 1.39 bits per heavy atom. The quantitative estimate of drug-likeness (QED) is 0.847. The van der Waals surface area contributed by atoms with E-state index in [2.05, 4.69) is 30.9 Å². The van der Waals surface area contributed by atoms with Crippen molar-refractivity contribution in [3.8, 4) is 0 Å². The van der Waals surface area contributed by atoms with Gasteiger partial charge in [0.05, 0.1) is 5.60 Å². The minimum Gasteiger partial charge on any atom is -0.374 e. The van der Waals surface area contributed by atoms with Crippen LogP contribution in [0.5, 0.6) is 0 Å². The SMILES string of the molecule is CCNC(C1CCOC2(CCSC2)C1)C1(C)CC1. The molecule has 3 rings (SSSR count). The van der Waals surface area contributed by atoms with Crippen LogP contribution in [0.25, 0.3) is 0 Å². The highest BCUT2D eigenvalue weighted by molar-refractivity contribution is 7.99. The maximum Gasteiger partial charge on any atom is 0.0783 e. The van der Waals surface area contributed by atoms with E-state index in [4.69, 9.17) is 4.74 Å². The van der Waals surface area contributed by atoms with Gasteiger partial charge >= 0.3 is 0 Å². The molecule has 1 saturated carbocycles. The molecule has 2 aliphatic heterocycles. The Morgan fingerprint density at radius 3 is 2.83 bits per heavy atom. The Morgan fingerprint density at radius 2 is 2.22 bits per heavy atom. The zero-order valence-corrected chi connectivity index (χ0v) is 12.7. The maximum atomic E-state index is 6.17. The van der Waals surface area contributed by atoms with Gasteiger partial charge in [0.15, 0.2) is 0 Å². The zero-order valence-electron chi connectivity index (χ0n) is 11.8. The van der Waals surface area contributed by atoms with Crippen molar-refractivity contribution in [3.63, 3.8) is 0 Å². The topological polar surface area (TPSA) is 21.3 Å². The molecule has 3 aliphatic rings. The Balaban J connectivity index is 1.69.